The summed E-state index contributed by atoms with van der Waals surface area (Å²) in [5.41, 5.74) is 4.18. The molecule has 1 heterocycles. The van der Waals surface area contributed by atoms with Crippen molar-refractivity contribution in [3.8, 4) is 11.5 Å². The van der Waals surface area contributed by atoms with Gasteiger partial charge in [-0.3, -0.25) is 9.69 Å². The largest absolute Gasteiger partial charge is 0.493 e. The molecule has 1 aliphatic heterocycles. The number of benzene rings is 2. The molecular formula is C22H28N4O5S. The van der Waals surface area contributed by atoms with Gasteiger partial charge in [-0.2, -0.15) is 9.41 Å². The summed E-state index contributed by atoms with van der Waals surface area (Å²) < 4.78 is 37.6. The van der Waals surface area contributed by atoms with Gasteiger partial charge < -0.3 is 9.47 Å². The number of amides is 1. The van der Waals surface area contributed by atoms with Crippen LogP contribution in [0.25, 0.3) is 0 Å². The standard InChI is InChI=1S/C22H28N4O5S/c1-17-7-9-19(10-8-17)32(28,29)26-13-11-25(12-14-26)16-21(27)24-23-15-18-5-4-6-20(30-2)22(18)31-3/h4-10,15H,11-14,16H2,1-3H3,(H,24,27). The summed E-state index contributed by atoms with van der Waals surface area (Å²) in [4.78, 5) is 14.4. The van der Waals surface area contributed by atoms with Gasteiger partial charge in [0, 0.05) is 31.7 Å². The fourth-order valence-electron chi connectivity index (χ4n) is 3.41. The van der Waals surface area contributed by atoms with Crippen molar-refractivity contribution in [2.75, 3.05) is 46.9 Å². The van der Waals surface area contributed by atoms with Crippen molar-refractivity contribution in [3.05, 3.63) is 53.6 Å². The van der Waals surface area contributed by atoms with Crippen LogP contribution in [0.5, 0.6) is 11.5 Å². The highest BCUT2D eigenvalue weighted by Crippen LogP contribution is 2.29. The molecular weight excluding hydrogens is 432 g/mol. The van der Waals surface area contributed by atoms with E-state index in [1.807, 2.05) is 11.8 Å². The summed E-state index contributed by atoms with van der Waals surface area (Å²) in [6, 6.07) is 12.2. The molecule has 0 radical (unpaired) electrons. The summed E-state index contributed by atoms with van der Waals surface area (Å²) in [7, 11) is -0.445. The third-order valence-electron chi connectivity index (χ3n) is 5.18. The minimum atomic E-state index is -3.53. The Morgan fingerprint density at radius 3 is 2.38 bits per heavy atom. The number of sulfonamides is 1. The molecule has 0 atom stereocenters. The number of methoxy groups -OCH3 is 2. The predicted octanol–water partition coefficient (Wildman–Crippen LogP) is 1.47. The number of carbonyl (C=O) groups is 1. The van der Waals surface area contributed by atoms with E-state index < -0.39 is 10.0 Å². The van der Waals surface area contributed by atoms with Crippen LogP contribution in [0.2, 0.25) is 0 Å². The number of para-hydroxylation sites is 1. The lowest BCUT2D eigenvalue weighted by Gasteiger charge is -2.33. The van der Waals surface area contributed by atoms with Crippen molar-refractivity contribution in [2.45, 2.75) is 11.8 Å². The van der Waals surface area contributed by atoms with E-state index in [-0.39, 0.29) is 17.3 Å². The Morgan fingerprint density at radius 2 is 1.75 bits per heavy atom. The van der Waals surface area contributed by atoms with Crippen LogP contribution in [0.3, 0.4) is 0 Å². The summed E-state index contributed by atoms with van der Waals surface area (Å²) >= 11 is 0. The average Bonchev–Trinajstić information content (AvgIpc) is 2.79. The summed E-state index contributed by atoms with van der Waals surface area (Å²) in [6.07, 6.45) is 1.49. The van der Waals surface area contributed by atoms with Gasteiger partial charge in [-0.1, -0.05) is 23.8 Å². The number of nitrogens with zero attached hydrogens (tertiary/aromatic N) is 3. The van der Waals surface area contributed by atoms with E-state index >= 15 is 0 Å². The molecule has 32 heavy (non-hydrogen) atoms. The highest BCUT2D eigenvalue weighted by atomic mass is 32.2. The van der Waals surface area contributed by atoms with E-state index in [2.05, 4.69) is 10.5 Å². The summed E-state index contributed by atoms with van der Waals surface area (Å²) in [5.74, 6) is 0.818. The highest BCUT2D eigenvalue weighted by Gasteiger charge is 2.28. The predicted molar refractivity (Wildman–Crippen MR) is 122 cm³/mol. The minimum Gasteiger partial charge on any atom is -0.493 e. The molecule has 3 rings (SSSR count). The third-order valence-corrected chi connectivity index (χ3v) is 7.10. The SMILES string of the molecule is COc1cccc(C=NNC(=O)CN2CCN(S(=O)(=O)c3ccc(C)cc3)CC2)c1OC. The molecule has 172 valence electrons. The number of piperazine rings is 1. The average molecular weight is 461 g/mol. The Hall–Kier alpha value is -2.95. The van der Waals surface area contributed by atoms with Crippen LogP contribution in [0.1, 0.15) is 11.1 Å². The first-order valence-corrected chi connectivity index (χ1v) is 11.6. The molecule has 0 aromatic heterocycles. The van der Waals surface area contributed by atoms with Gasteiger partial charge in [-0.05, 0) is 31.2 Å². The van der Waals surface area contributed by atoms with Crippen molar-refractivity contribution in [3.63, 3.8) is 0 Å². The van der Waals surface area contributed by atoms with Crippen LogP contribution in [0.15, 0.2) is 52.5 Å². The maximum atomic E-state index is 12.8. The molecule has 1 N–H and O–H groups in total. The van der Waals surface area contributed by atoms with Crippen molar-refractivity contribution >= 4 is 22.1 Å². The number of rotatable bonds is 8. The summed E-state index contributed by atoms with van der Waals surface area (Å²) in [6.45, 7) is 3.63. The normalized spacial score (nSPS) is 15.6. The number of hydrogen-bond donors (Lipinski definition) is 1. The Labute approximate surface area is 188 Å². The van der Waals surface area contributed by atoms with Crippen molar-refractivity contribution in [2.24, 2.45) is 5.10 Å². The molecule has 9 nitrogen and oxygen atoms in total. The lowest BCUT2D eigenvalue weighted by Crippen LogP contribution is -2.50. The van der Waals surface area contributed by atoms with Crippen LogP contribution in [0.4, 0.5) is 0 Å². The zero-order chi connectivity index (χ0) is 23.1. The van der Waals surface area contributed by atoms with Crippen LogP contribution in [-0.4, -0.2) is 76.7 Å². The first kappa shape index (κ1) is 23.7. The van der Waals surface area contributed by atoms with Crippen molar-refractivity contribution < 1.29 is 22.7 Å². The first-order chi connectivity index (χ1) is 15.3. The van der Waals surface area contributed by atoms with Gasteiger partial charge >= 0.3 is 0 Å². The lowest BCUT2D eigenvalue weighted by molar-refractivity contribution is -0.122. The Morgan fingerprint density at radius 1 is 1.06 bits per heavy atom. The molecule has 1 amide bonds. The van der Waals surface area contributed by atoms with Crippen LogP contribution < -0.4 is 14.9 Å². The molecule has 0 aliphatic carbocycles. The number of hydrazone groups is 1. The van der Waals surface area contributed by atoms with Gasteiger partial charge in [0.05, 0.1) is 31.9 Å². The molecule has 0 saturated carbocycles. The number of carbonyl (C=O) groups excluding carboxylic acids is 1. The Bertz CT molecular complexity index is 1060. The maximum absolute atomic E-state index is 12.8. The molecule has 0 bridgehead atoms. The van der Waals surface area contributed by atoms with E-state index in [0.717, 1.165) is 5.56 Å². The second-order valence-electron chi connectivity index (χ2n) is 7.37. The molecule has 1 aliphatic rings. The quantitative estimate of drug-likeness (QED) is 0.473. The van der Waals surface area contributed by atoms with Crippen molar-refractivity contribution in [1.82, 2.24) is 14.6 Å². The van der Waals surface area contributed by atoms with E-state index in [1.165, 1.54) is 17.6 Å². The van der Waals surface area contributed by atoms with Crippen LogP contribution >= 0.6 is 0 Å². The van der Waals surface area contributed by atoms with Gasteiger partial charge in [0.25, 0.3) is 5.91 Å². The molecule has 0 unspecified atom stereocenters. The zero-order valence-corrected chi connectivity index (χ0v) is 19.3. The van der Waals surface area contributed by atoms with Gasteiger partial charge in [-0.25, -0.2) is 13.8 Å². The molecule has 10 heteroatoms. The lowest BCUT2D eigenvalue weighted by atomic mass is 10.2. The number of ether oxygens (including phenoxy) is 2. The molecule has 2 aromatic rings. The second-order valence-corrected chi connectivity index (χ2v) is 9.31. The first-order valence-electron chi connectivity index (χ1n) is 10.2. The number of hydrogen-bond acceptors (Lipinski definition) is 7. The number of nitrogens with one attached hydrogen (secondary N) is 1. The Balaban J connectivity index is 1.51. The maximum Gasteiger partial charge on any atom is 0.254 e. The van der Waals surface area contributed by atoms with Gasteiger partial charge in [0.1, 0.15) is 0 Å². The van der Waals surface area contributed by atoms with Gasteiger partial charge in [-0.15, -0.1) is 0 Å². The van der Waals surface area contributed by atoms with Gasteiger partial charge in [0.2, 0.25) is 10.0 Å². The fourth-order valence-corrected chi connectivity index (χ4v) is 4.84. The molecule has 0 spiro atoms. The smallest absolute Gasteiger partial charge is 0.254 e. The zero-order valence-electron chi connectivity index (χ0n) is 18.4. The third kappa shape index (κ3) is 5.64. The van der Waals surface area contributed by atoms with E-state index in [0.29, 0.717) is 43.2 Å². The van der Waals surface area contributed by atoms with E-state index in [9.17, 15) is 13.2 Å². The van der Waals surface area contributed by atoms with Gasteiger partial charge in [0.15, 0.2) is 11.5 Å². The highest BCUT2D eigenvalue weighted by molar-refractivity contribution is 7.89. The van der Waals surface area contributed by atoms with Crippen LogP contribution in [0, 0.1) is 6.92 Å². The monoisotopic (exact) mass is 460 g/mol. The van der Waals surface area contributed by atoms with Crippen molar-refractivity contribution in [1.29, 1.82) is 0 Å². The molecule has 1 saturated heterocycles. The number of aryl methyl sites for hydroxylation is 1. The minimum absolute atomic E-state index is 0.130. The second kappa shape index (κ2) is 10.6. The summed E-state index contributed by atoms with van der Waals surface area (Å²) in [5, 5.41) is 4.00. The molecule has 1 fully saturated rings. The van der Waals surface area contributed by atoms with E-state index in [4.69, 9.17) is 9.47 Å². The van der Waals surface area contributed by atoms with E-state index in [1.54, 1.807) is 49.6 Å². The fraction of sp³-hybridized carbons (Fsp3) is 0.364. The Kier molecular flexibility index (Phi) is 7.84. The topological polar surface area (TPSA) is 101 Å². The van der Waals surface area contributed by atoms with Crippen LogP contribution in [-0.2, 0) is 14.8 Å². The molecule has 2 aromatic carbocycles.